The maximum absolute atomic E-state index is 12.4. The molecule has 1 aromatic heterocycles. The molecular formula is C19H18Cl2N4O2. The first-order valence-corrected chi connectivity index (χ1v) is 9.41. The summed E-state index contributed by atoms with van der Waals surface area (Å²) in [5, 5.41) is 4.16. The number of nitrogens with zero attached hydrogens (tertiary/aromatic N) is 3. The predicted molar refractivity (Wildman–Crippen MR) is 106 cm³/mol. The standard InChI is InChI=1S/C19H18Cl2N4O2/c20-13-1-4-15(5-2-13)22-19(26)25-9-7-24(8-10-25)12-18-23-16-6-3-14(21)11-17(16)27-18/h1-6,11H,7-10,12H2,(H,22,26). The third kappa shape index (κ3) is 4.35. The Balaban J connectivity index is 1.31. The summed E-state index contributed by atoms with van der Waals surface area (Å²) < 4.78 is 5.77. The van der Waals surface area contributed by atoms with E-state index in [9.17, 15) is 4.79 Å². The molecule has 0 atom stereocenters. The Morgan fingerprint density at radius 1 is 1.04 bits per heavy atom. The van der Waals surface area contributed by atoms with Crippen molar-refractivity contribution in [2.45, 2.75) is 6.54 Å². The van der Waals surface area contributed by atoms with Crippen LogP contribution >= 0.6 is 23.2 Å². The predicted octanol–water partition coefficient (Wildman–Crippen LogP) is 4.48. The lowest BCUT2D eigenvalue weighted by molar-refractivity contribution is 0.136. The summed E-state index contributed by atoms with van der Waals surface area (Å²) in [5.74, 6) is 0.659. The van der Waals surface area contributed by atoms with Crippen molar-refractivity contribution in [1.82, 2.24) is 14.8 Å². The number of benzene rings is 2. The zero-order chi connectivity index (χ0) is 18.8. The van der Waals surface area contributed by atoms with Crippen molar-refractivity contribution in [2.24, 2.45) is 0 Å². The van der Waals surface area contributed by atoms with Crippen molar-refractivity contribution >= 4 is 46.0 Å². The largest absolute Gasteiger partial charge is 0.439 e. The lowest BCUT2D eigenvalue weighted by Gasteiger charge is -2.34. The number of aromatic nitrogens is 1. The van der Waals surface area contributed by atoms with Gasteiger partial charge >= 0.3 is 6.03 Å². The Hall–Kier alpha value is -2.28. The van der Waals surface area contributed by atoms with Crippen LogP contribution in [0.15, 0.2) is 46.9 Å². The van der Waals surface area contributed by atoms with Crippen molar-refractivity contribution in [3.8, 4) is 0 Å². The quantitative estimate of drug-likeness (QED) is 0.698. The molecule has 0 unspecified atom stereocenters. The maximum Gasteiger partial charge on any atom is 0.321 e. The molecule has 0 saturated carbocycles. The van der Waals surface area contributed by atoms with E-state index >= 15 is 0 Å². The van der Waals surface area contributed by atoms with E-state index in [1.54, 1.807) is 41.3 Å². The molecule has 1 fully saturated rings. The van der Waals surface area contributed by atoms with E-state index in [2.05, 4.69) is 15.2 Å². The first-order chi connectivity index (χ1) is 13.1. The van der Waals surface area contributed by atoms with Gasteiger partial charge in [-0.1, -0.05) is 23.2 Å². The molecule has 0 aliphatic carbocycles. The fraction of sp³-hybridized carbons (Fsp3) is 0.263. The van der Waals surface area contributed by atoms with Crippen LogP contribution in [-0.2, 0) is 6.54 Å². The molecule has 0 radical (unpaired) electrons. The zero-order valence-corrected chi connectivity index (χ0v) is 16.0. The van der Waals surface area contributed by atoms with Gasteiger partial charge in [-0.3, -0.25) is 4.90 Å². The SMILES string of the molecule is O=C(Nc1ccc(Cl)cc1)N1CCN(Cc2nc3ccc(Cl)cc3o2)CC1. The molecule has 4 rings (SSSR count). The number of oxazole rings is 1. The molecular weight excluding hydrogens is 387 g/mol. The maximum atomic E-state index is 12.4. The lowest BCUT2D eigenvalue weighted by Crippen LogP contribution is -2.49. The molecule has 1 N–H and O–H groups in total. The minimum Gasteiger partial charge on any atom is -0.439 e. The zero-order valence-electron chi connectivity index (χ0n) is 14.5. The number of carbonyl (C=O) groups is 1. The smallest absolute Gasteiger partial charge is 0.321 e. The van der Waals surface area contributed by atoms with Crippen molar-refractivity contribution in [3.05, 3.63) is 58.4 Å². The summed E-state index contributed by atoms with van der Waals surface area (Å²) in [5.41, 5.74) is 2.23. The number of rotatable bonds is 3. The number of hydrogen-bond acceptors (Lipinski definition) is 4. The normalized spacial score (nSPS) is 15.3. The highest BCUT2D eigenvalue weighted by Crippen LogP contribution is 2.21. The summed E-state index contributed by atoms with van der Waals surface area (Å²) in [6, 6.07) is 12.4. The number of halogens is 2. The fourth-order valence-electron chi connectivity index (χ4n) is 3.05. The van der Waals surface area contributed by atoms with E-state index in [0.29, 0.717) is 41.2 Å². The number of fused-ring (bicyclic) bond motifs is 1. The third-order valence-electron chi connectivity index (χ3n) is 4.51. The molecule has 2 heterocycles. The number of hydrogen-bond donors (Lipinski definition) is 1. The van der Waals surface area contributed by atoms with Crippen molar-refractivity contribution in [1.29, 1.82) is 0 Å². The van der Waals surface area contributed by atoms with Crippen LogP contribution in [0, 0.1) is 0 Å². The van der Waals surface area contributed by atoms with Crippen LogP contribution in [0.5, 0.6) is 0 Å². The highest BCUT2D eigenvalue weighted by Gasteiger charge is 2.22. The first kappa shape index (κ1) is 18.1. The summed E-state index contributed by atoms with van der Waals surface area (Å²) in [6.07, 6.45) is 0. The van der Waals surface area contributed by atoms with E-state index in [0.717, 1.165) is 24.3 Å². The molecule has 140 valence electrons. The molecule has 0 spiro atoms. The number of nitrogens with one attached hydrogen (secondary N) is 1. The molecule has 3 aromatic rings. The van der Waals surface area contributed by atoms with Gasteiger partial charge in [0.05, 0.1) is 6.54 Å². The molecule has 2 aromatic carbocycles. The Morgan fingerprint density at radius 2 is 1.74 bits per heavy atom. The summed E-state index contributed by atoms with van der Waals surface area (Å²) in [7, 11) is 0. The minimum absolute atomic E-state index is 0.103. The Morgan fingerprint density at radius 3 is 2.48 bits per heavy atom. The van der Waals surface area contributed by atoms with Gasteiger partial charge in [0, 0.05) is 48.0 Å². The number of amides is 2. The van der Waals surface area contributed by atoms with E-state index in [1.807, 2.05) is 6.07 Å². The van der Waals surface area contributed by atoms with Crippen LogP contribution in [0.1, 0.15) is 5.89 Å². The Labute approximate surface area is 166 Å². The monoisotopic (exact) mass is 404 g/mol. The number of anilines is 1. The average molecular weight is 405 g/mol. The van der Waals surface area contributed by atoms with Crippen LogP contribution in [0.4, 0.5) is 10.5 Å². The summed E-state index contributed by atoms with van der Waals surface area (Å²) in [6.45, 7) is 3.41. The molecule has 6 nitrogen and oxygen atoms in total. The molecule has 0 bridgehead atoms. The number of carbonyl (C=O) groups excluding carboxylic acids is 1. The topological polar surface area (TPSA) is 61.6 Å². The van der Waals surface area contributed by atoms with E-state index in [-0.39, 0.29) is 6.03 Å². The van der Waals surface area contributed by atoms with Gasteiger partial charge in [-0.2, -0.15) is 0 Å². The van der Waals surface area contributed by atoms with Crippen molar-refractivity contribution in [3.63, 3.8) is 0 Å². The summed E-state index contributed by atoms with van der Waals surface area (Å²) in [4.78, 5) is 20.9. The number of urea groups is 1. The van der Waals surface area contributed by atoms with Crippen molar-refractivity contribution in [2.75, 3.05) is 31.5 Å². The Kier molecular flexibility index (Phi) is 5.20. The van der Waals surface area contributed by atoms with E-state index in [4.69, 9.17) is 27.6 Å². The van der Waals surface area contributed by atoms with E-state index in [1.165, 1.54) is 0 Å². The van der Waals surface area contributed by atoms with Gasteiger partial charge < -0.3 is 14.6 Å². The van der Waals surface area contributed by atoms with Crippen LogP contribution in [0.25, 0.3) is 11.1 Å². The van der Waals surface area contributed by atoms with Gasteiger partial charge in [-0.15, -0.1) is 0 Å². The van der Waals surface area contributed by atoms with Gasteiger partial charge in [0.25, 0.3) is 0 Å². The van der Waals surface area contributed by atoms with Crippen LogP contribution in [0.2, 0.25) is 10.0 Å². The third-order valence-corrected chi connectivity index (χ3v) is 5.00. The summed E-state index contributed by atoms with van der Waals surface area (Å²) >= 11 is 11.8. The van der Waals surface area contributed by atoms with Gasteiger partial charge in [-0.25, -0.2) is 9.78 Å². The molecule has 1 saturated heterocycles. The highest BCUT2D eigenvalue weighted by atomic mass is 35.5. The molecule has 2 amide bonds. The van der Waals surface area contributed by atoms with Gasteiger partial charge in [0.1, 0.15) is 5.52 Å². The Bertz CT molecular complexity index is 950. The second-order valence-electron chi connectivity index (χ2n) is 6.42. The van der Waals surface area contributed by atoms with Crippen molar-refractivity contribution < 1.29 is 9.21 Å². The fourth-order valence-corrected chi connectivity index (χ4v) is 3.34. The molecule has 8 heteroatoms. The van der Waals surface area contributed by atoms with Gasteiger partial charge in [0.2, 0.25) is 5.89 Å². The van der Waals surface area contributed by atoms with Gasteiger partial charge in [-0.05, 0) is 36.4 Å². The second kappa shape index (κ2) is 7.76. The molecule has 1 aliphatic rings. The second-order valence-corrected chi connectivity index (χ2v) is 7.29. The van der Waals surface area contributed by atoms with Crippen LogP contribution in [0.3, 0.4) is 0 Å². The molecule has 1 aliphatic heterocycles. The minimum atomic E-state index is -0.103. The van der Waals surface area contributed by atoms with Crippen LogP contribution in [-0.4, -0.2) is 47.0 Å². The van der Waals surface area contributed by atoms with E-state index < -0.39 is 0 Å². The number of piperazine rings is 1. The highest BCUT2D eigenvalue weighted by molar-refractivity contribution is 6.31. The average Bonchev–Trinajstić information content (AvgIpc) is 3.05. The van der Waals surface area contributed by atoms with Crippen LogP contribution < -0.4 is 5.32 Å². The first-order valence-electron chi connectivity index (χ1n) is 8.66. The molecule has 27 heavy (non-hydrogen) atoms. The van der Waals surface area contributed by atoms with Gasteiger partial charge in [0.15, 0.2) is 5.58 Å². The lowest BCUT2D eigenvalue weighted by atomic mass is 10.3.